The SMILES string of the molecule is O=C(O)c1ccccc1[C@@H]1Nc2ccc(C(F)(F)F)cc2[C@@H]2C=CC[C@@H]21. The Morgan fingerprint density at radius 2 is 1.88 bits per heavy atom. The number of alkyl halides is 3. The molecule has 0 aromatic heterocycles. The Labute approximate surface area is 148 Å². The van der Waals surface area contributed by atoms with E-state index in [-0.39, 0.29) is 23.4 Å². The largest absolute Gasteiger partial charge is 0.478 e. The first kappa shape index (κ1) is 16.7. The second kappa shape index (κ2) is 5.90. The van der Waals surface area contributed by atoms with Gasteiger partial charge in [0.15, 0.2) is 0 Å². The van der Waals surface area contributed by atoms with E-state index in [1.54, 1.807) is 24.3 Å². The number of anilines is 1. The standard InChI is InChI=1S/C20H16F3NO2/c21-20(22,23)11-8-9-17-16(10-11)12-6-3-7-13(12)18(24-17)14-4-1-2-5-15(14)19(25)26/h1-6,8-10,12-13,18,24H,7H2,(H,25,26)/t12-,13+,18-/m1/s1. The summed E-state index contributed by atoms with van der Waals surface area (Å²) in [5, 5.41) is 12.8. The van der Waals surface area contributed by atoms with Crippen molar-refractivity contribution in [3.8, 4) is 0 Å². The van der Waals surface area contributed by atoms with E-state index in [1.165, 1.54) is 12.1 Å². The van der Waals surface area contributed by atoms with Crippen LogP contribution in [0, 0.1) is 5.92 Å². The van der Waals surface area contributed by atoms with Crippen molar-refractivity contribution in [1.29, 1.82) is 0 Å². The molecule has 6 heteroatoms. The van der Waals surface area contributed by atoms with E-state index >= 15 is 0 Å². The summed E-state index contributed by atoms with van der Waals surface area (Å²) < 4.78 is 39.2. The highest BCUT2D eigenvalue weighted by molar-refractivity contribution is 5.89. The molecule has 0 bridgehead atoms. The molecule has 2 aromatic rings. The summed E-state index contributed by atoms with van der Waals surface area (Å²) in [5.74, 6) is -1.20. The van der Waals surface area contributed by atoms with Crippen LogP contribution in [-0.2, 0) is 6.18 Å². The highest BCUT2D eigenvalue weighted by Crippen LogP contribution is 2.51. The molecule has 0 saturated carbocycles. The fraction of sp³-hybridized carbons (Fsp3) is 0.250. The summed E-state index contributed by atoms with van der Waals surface area (Å²) in [7, 11) is 0. The van der Waals surface area contributed by atoms with Crippen LogP contribution < -0.4 is 5.32 Å². The summed E-state index contributed by atoms with van der Waals surface area (Å²) in [6, 6.07) is 10.2. The predicted molar refractivity (Wildman–Crippen MR) is 91.2 cm³/mol. The van der Waals surface area contributed by atoms with Crippen LogP contribution in [0.3, 0.4) is 0 Å². The lowest BCUT2D eigenvalue weighted by atomic mass is 9.76. The number of hydrogen-bond acceptors (Lipinski definition) is 2. The summed E-state index contributed by atoms with van der Waals surface area (Å²) >= 11 is 0. The molecular weight excluding hydrogens is 343 g/mol. The van der Waals surface area contributed by atoms with Gasteiger partial charge in [0.1, 0.15) is 0 Å². The zero-order valence-corrected chi connectivity index (χ0v) is 13.6. The molecule has 2 aliphatic rings. The number of rotatable bonds is 2. The van der Waals surface area contributed by atoms with Gasteiger partial charge in [-0.3, -0.25) is 0 Å². The fourth-order valence-corrected chi connectivity index (χ4v) is 4.04. The van der Waals surface area contributed by atoms with E-state index in [0.29, 0.717) is 23.2 Å². The van der Waals surface area contributed by atoms with Crippen LogP contribution >= 0.6 is 0 Å². The Kier molecular flexibility index (Phi) is 3.79. The van der Waals surface area contributed by atoms with Gasteiger partial charge in [-0.05, 0) is 47.7 Å². The molecule has 2 N–H and O–H groups in total. The summed E-state index contributed by atoms with van der Waals surface area (Å²) in [4.78, 5) is 11.6. The molecule has 0 spiro atoms. The second-order valence-electron chi connectivity index (χ2n) is 6.67. The Balaban J connectivity index is 1.80. The molecule has 1 aliphatic carbocycles. The van der Waals surface area contributed by atoms with E-state index < -0.39 is 17.7 Å². The van der Waals surface area contributed by atoms with E-state index in [0.717, 1.165) is 6.07 Å². The lowest BCUT2D eigenvalue weighted by Gasteiger charge is -2.38. The quantitative estimate of drug-likeness (QED) is 0.722. The molecule has 0 radical (unpaired) electrons. The van der Waals surface area contributed by atoms with Crippen molar-refractivity contribution >= 4 is 11.7 Å². The summed E-state index contributed by atoms with van der Waals surface area (Å²) in [6.07, 6.45) is 0.190. The van der Waals surface area contributed by atoms with E-state index in [1.807, 2.05) is 12.2 Å². The molecule has 134 valence electrons. The van der Waals surface area contributed by atoms with Crippen LogP contribution in [-0.4, -0.2) is 11.1 Å². The number of carboxylic acid groups (broad SMARTS) is 1. The first-order valence-corrected chi connectivity index (χ1v) is 8.33. The molecule has 3 nitrogen and oxygen atoms in total. The lowest BCUT2D eigenvalue weighted by molar-refractivity contribution is -0.137. The number of carboxylic acids is 1. The van der Waals surface area contributed by atoms with Crippen molar-refractivity contribution < 1.29 is 23.1 Å². The normalized spacial score (nSPS) is 23.9. The molecular formula is C20H16F3NO2. The number of hydrogen-bond donors (Lipinski definition) is 2. The molecule has 0 saturated heterocycles. The maximum Gasteiger partial charge on any atom is 0.416 e. The van der Waals surface area contributed by atoms with Gasteiger partial charge in [0.25, 0.3) is 0 Å². The predicted octanol–water partition coefficient (Wildman–Crippen LogP) is 5.23. The zero-order chi connectivity index (χ0) is 18.5. The van der Waals surface area contributed by atoms with Crippen molar-refractivity contribution in [2.24, 2.45) is 5.92 Å². The van der Waals surface area contributed by atoms with Gasteiger partial charge in [-0.25, -0.2) is 4.79 Å². The minimum atomic E-state index is -4.39. The average molecular weight is 359 g/mol. The zero-order valence-electron chi connectivity index (χ0n) is 13.6. The van der Waals surface area contributed by atoms with E-state index in [2.05, 4.69) is 5.32 Å². The van der Waals surface area contributed by atoms with Crippen molar-refractivity contribution in [2.45, 2.75) is 24.6 Å². The lowest BCUT2D eigenvalue weighted by Crippen LogP contribution is -2.30. The number of carbonyl (C=O) groups is 1. The number of halogens is 3. The van der Waals surface area contributed by atoms with Crippen LogP contribution in [0.5, 0.6) is 0 Å². The third-order valence-electron chi connectivity index (χ3n) is 5.22. The first-order valence-electron chi connectivity index (χ1n) is 8.33. The van der Waals surface area contributed by atoms with Gasteiger partial charge in [0.2, 0.25) is 0 Å². The van der Waals surface area contributed by atoms with Gasteiger partial charge in [-0.1, -0.05) is 30.4 Å². The van der Waals surface area contributed by atoms with Gasteiger partial charge >= 0.3 is 12.1 Å². The number of aromatic carboxylic acids is 1. The minimum absolute atomic E-state index is 0.0218. The van der Waals surface area contributed by atoms with Gasteiger partial charge in [-0.2, -0.15) is 13.2 Å². The molecule has 1 heterocycles. The van der Waals surface area contributed by atoms with Crippen molar-refractivity contribution in [2.75, 3.05) is 5.32 Å². The van der Waals surface area contributed by atoms with Gasteiger partial charge in [-0.15, -0.1) is 0 Å². The van der Waals surface area contributed by atoms with Gasteiger partial charge in [0.05, 0.1) is 17.2 Å². The highest BCUT2D eigenvalue weighted by Gasteiger charge is 2.40. The number of nitrogens with one attached hydrogen (secondary N) is 1. The van der Waals surface area contributed by atoms with Crippen LogP contribution in [0.2, 0.25) is 0 Å². The molecule has 0 amide bonds. The molecule has 1 aliphatic heterocycles. The molecule has 2 aromatic carbocycles. The number of benzene rings is 2. The Morgan fingerprint density at radius 3 is 2.62 bits per heavy atom. The topological polar surface area (TPSA) is 49.3 Å². The van der Waals surface area contributed by atoms with E-state index in [9.17, 15) is 23.1 Å². The third kappa shape index (κ3) is 2.66. The smallest absolute Gasteiger partial charge is 0.416 e. The Bertz CT molecular complexity index is 904. The van der Waals surface area contributed by atoms with Gasteiger partial charge in [0, 0.05) is 11.6 Å². The van der Waals surface area contributed by atoms with E-state index in [4.69, 9.17) is 0 Å². The van der Waals surface area contributed by atoms with Crippen molar-refractivity contribution in [3.05, 3.63) is 76.9 Å². The maximum atomic E-state index is 13.1. The number of fused-ring (bicyclic) bond motifs is 3. The molecule has 4 rings (SSSR count). The second-order valence-corrected chi connectivity index (χ2v) is 6.67. The fourth-order valence-electron chi connectivity index (χ4n) is 4.04. The van der Waals surface area contributed by atoms with Crippen molar-refractivity contribution in [3.63, 3.8) is 0 Å². The number of allylic oxidation sites excluding steroid dienone is 2. The Morgan fingerprint density at radius 1 is 1.12 bits per heavy atom. The van der Waals surface area contributed by atoms with Crippen molar-refractivity contribution in [1.82, 2.24) is 0 Å². The molecule has 3 atom stereocenters. The van der Waals surface area contributed by atoms with Crippen LogP contribution in [0.25, 0.3) is 0 Å². The summed E-state index contributed by atoms with van der Waals surface area (Å²) in [5.41, 5.74) is 1.44. The third-order valence-corrected chi connectivity index (χ3v) is 5.22. The monoisotopic (exact) mass is 359 g/mol. The average Bonchev–Trinajstić information content (AvgIpc) is 3.09. The van der Waals surface area contributed by atoms with Crippen LogP contribution in [0.15, 0.2) is 54.6 Å². The molecule has 0 fully saturated rings. The molecule has 26 heavy (non-hydrogen) atoms. The minimum Gasteiger partial charge on any atom is -0.478 e. The Hall–Kier alpha value is -2.76. The molecule has 0 unspecified atom stereocenters. The highest BCUT2D eigenvalue weighted by atomic mass is 19.4. The van der Waals surface area contributed by atoms with Crippen LogP contribution in [0.1, 0.15) is 45.4 Å². The maximum absolute atomic E-state index is 13.1. The summed E-state index contributed by atoms with van der Waals surface area (Å²) in [6.45, 7) is 0. The van der Waals surface area contributed by atoms with Crippen LogP contribution in [0.4, 0.5) is 18.9 Å². The first-order chi connectivity index (χ1) is 12.4. The van der Waals surface area contributed by atoms with Gasteiger partial charge < -0.3 is 10.4 Å².